The molecule has 0 aliphatic carbocycles. The third-order valence-corrected chi connectivity index (χ3v) is 6.09. The van der Waals surface area contributed by atoms with E-state index >= 15 is 0 Å². The topological polar surface area (TPSA) is 78.1 Å². The molecular formula is C17H16Cl2N4O2. The average Bonchev–Trinajstić information content (AvgIpc) is 3.03. The standard InChI is InChI=1S/C17H16Cl2N4O2/c1-9-10-4-11(18)12(19)5-13(10)22-16(25)17(9)2-3-23(8-17)14-6-21-15(24)7-20-14/h4-7,9H,2-3,8H2,1H3,(H,21,24)(H,22,25)/t9?,17-/m1/s1. The first-order chi connectivity index (χ1) is 11.9. The number of halogens is 2. The summed E-state index contributed by atoms with van der Waals surface area (Å²) < 4.78 is 0. The summed E-state index contributed by atoms with van der Waals surface area (Å²) in [5, 5.41) is 3.89. The van der Waals surface area contributed by atoms with Gasteiger partial charge in [0.15, 0.2) is 0 Å². The molecule has 2 aliphatic rings. The van der Waals surface area contributed by atoms with E-state index in [1.54, 1.807) is 12.3 Å². The number of aromatic nitrogens is 2. The molecule has 2 N–H and O–H groups in total. The van der Waals surface area contributed by atoms with E-state index < -0.39 is 5.41 Å². The number of anilines is 2. The number of fused-ring (bicyclic) bond motifs is 1. The van der Waals surface area contributed by atoms with Gasteiger partial charge in [-0.25, -0.2) is 4.98 Å². The number of nitrogens with zero attached hydrogens (tertiary/aromatic N) is 2. The van der Waals surface area contributed by atoms with Crippen molar-refractivity contribution in [2.75, 3.05) is 23.3 Å². The molecule has 2 aromatic rings. The Balaban J connectivity index is 1.70. The van der Waals surface area contributed by atoms with Gasteiger partial charge < -0.3 is 15.2 Å². The summed E-state index contributed by atoms with van der Waals surface area (Å²) in [6, 6.07) is 3.54. The van der Waals surface area contributed by atoms with E-state index in [1.165, 1.54) is 6.20 Å². The SMILES string of the molecule is CC1c2cc(Cl)c(Cl)cc2NC(=O)[C@@]12CCN(c1c[nH]c(=O)cn1)C2. The van der Waals surface area contributed by atoms with Crippen LogP contribution in [0.4, 0.5) is 11.5 Å². The third kappa shape index (κ3) is 2.51. The fourth-order valence-electron chi connectivity index (χ4n) is 3.85. The molecule has 1 spiro atoms. The minimum absolute atomic E-state index is 0.0150. The highest BCUT2D eigenvalue weighted by molar-refractivity contribution is 6.42. The van der Waals surface area contributed by atoms with Crippen molar-refractivity contribution in [3.63, 3.8) is 0 Å². The lowest BCUT2D eigenvalue weighted by Gasteiger charge is -2.39. The van der Waals surface area contributed by atoms with E-state index in [0.717, 1.165) is 11.3 Å². The van der Waals surface area contributed by atoms with Crippen molar-refractivity contribution in [2.24, 2.45) is 5.41 Å². The highest BCUT2D eigenvalue weighted by atomic mass is 35.5. The first-order valence-corrected chi connectivity index (χ1v) is 8.76. The molecule has 1 unspecified atom stereocenters. The lowest BCUT2D eigenvalue weighted by molar-refractivity contribution is -0.126. The Hall–Kier alpha value is -2.05. The highest BCUT2D eigenvalue weighted by Crippen LogP contribution is 2.51. The normalized spacial score (nSPS) is 25.2. The van der Waals surface area contributed by atoms with E-state index in [1.807, 2.05) is 17.9 Å². The van der Waals surface area contributed by atoms with Crippen LogP contribution in [0.3, 0.4) is 0 Å². The average molecular weight is 379 g/mol. The molecule has 1 aromatic carbocycles. The van der Waals surface area contributed by atoms with Crippen molar-refractivity contribution >= 4 is 40.6 Å². The second-order valence-corrected chi connectivity index (χ2v) is 7.44. The third-order valence-electron chi connectivity index (χ3n) is 5.37. The Labute approximate surface area is 154 Å². The van der Waals surface area contributed by atoms with E-state index in [4.69, 9.17) is 23.2 Å². The van der Waals surface area contributed by atoms with Gasteiger partial charge >= 0.3 is 0 Å². The molecule has 6 nitrogen and oxygen atoms in total. The predicted octanol–water partition coefficient (Wildman–Crippen LogP) is 3.03. The molecule has 1 saturated heterocycles. The van der Waals surface area contributed by atoms with Gasteiger partial charge in [-0.15, -0.1) is 0 Å². The van der Waals surface area contributed by atoms with Gasteiger partial charge in [-0.3, -0.25) is 9.59 Å². The van der Waals surface area contributed by atoms with Crippen LogP contribution in [0, 0.1) is 5.41 Å². The molecule has 0 saturated carbocycles. The summed E-state index contributed by atoms with van der Waals surface area (Å²) in [7, 11) is 0. The number of benzene rings is 1. The second kappa shape index (κ2) is 5.75. The van der Waals surface area contributed by atoms with Crippen LogP contribution >= 0.6 is 23.2 Å². The Morgan fingerprint density at radius 3 is 2.76 bits per heavy atom. The molecule has 130 valence electrons. The zero-order valence-corrected chi connectivity index (χ0v) is 15.0. The maximum absolute atomic E-state index is 12.9. The van der Waals surface area contributed by atoms with Gasteiger partial charge in [-0.2, -0.15) is 0 Å². The molecule has 4 rings (SSSR count). The Kier molecular flexibility index (Phi) is 3.77. The zero-order chi connectivity index (χ0) is 17.8. The Morgan fingerprint density at radius 1 is 1.28 bits per heavy atom. The maximum Gasteiger partial charge on any atom is 0.266 e. The van der Waals surface area contributed by atoms with Crippen LogP contribution in [0.5, 0.6) is 0 Å². The summed E-state index contributed by atoms with van der Waals surface area (Å²) in [6.45, 7) is 3.26. The van der Waals surface area contributed by atoms with E-state index in [-0.39, 0.29) is 17.4 Å². The van der Waals surface area contributed by atoms with Crippen molar-refractivity contribution in [1.82, 2.24) is 9.97 Å². The van der Waals surface area contributed by atoms with Crippen LogP contribution < -0.4 is 15.8 Å². The number of nitrogens with one attached hydrogen (secondary N) is 2. The van der Waals surface area contributed by atoms with Crippen LogP contribution in [-0.4, -0.2) is 29.0 Å². The first-order valence-electron chi connectivity index (χ1n) is 8.01. The number of aromatic amines is 1. The van der Waals surface area contributed by atoms with Gasteiger partial charge in [0, 0.05) is 25.0 Å². The number of H-pyrrole nitrogens is 1. The van der Waals surface area contributed by atoms with Gasteiger partial charge in [0.25, 0.3) is 5.56 Å². The largest absolute Gasteiger partial charge is 0.354 e. The van der Waals surface area contributed by atoms with Crippen molar-refractivity contribution in [3.8, 4) is 0 Å². The van der Waals surface area contributed by atoms with Crippen molar-refractivity contribution < 1.29 is 4.79 Å². The van der Waals surface area contributed by atoms with E-state index in [9.17, 15) is 9.59 Å². The van der Waals surface area contributed by atoms with Crippen LogP contribution in [0.15, 0.2) is 29.3 Å². The summed E-state index contributed by atoms with van der Waals surface area (Å²) >= 11 is 12.3. The van der Waals surface area contributed by atoms with Gasteiger partial charge in [0.05, 0.1) is 21.7 Å². The minimum atomic E-state index is -0.567. The maximum atomic E-state index is 12.9. The lowest BCUT2D eigenvalue weighted by Crippen LogP contribution is -2.46. The number of amides is 1. The number of carbonyl (C=O) groups is 1. The van der Waals surface area contributed by atoms with Crippen LogP contribution in [0.1, 0.15) is 24.8 Å². The van der Waals surface area contributed by atoms with Gasteiger partial charge in [-0.1, -0.05) is 30.1 Å². The Morgan fingerprint density at radius 2 is 2.04 bits per heavy atom. The molecule has 0 bridgehead atoms. The molecule has 1 amide bonds. The monoisotopic (exact) mass is 378 g/mol. The minimum Gasteiger partial charge on any atom is -0.354 e. The van der Waals surface area contributed by atoms with Crippen LogP contribution in [0.25, 0.3) is 0 Å². The fraction of sp³-hybridized carbons (Fsp3) is 0.353. The number of hydrogen-bond acceptors (Lipinski definition) is 4. The Bertz CT molecular complexity index is 909. The summed E-state index contributed by atoms with van der Waals surface area (Å²) in [4.78, 5) is 33.0. The molecule has 1 aromatic heterocycles. The van der Waals surface area contributed by atoms with E-state index in [2.05, 4.69) is 15.3 Å². The molecule has 2 atom stereocenters. The zero-order valence-electron chi connectivity index (χ0n) is 13.5. The van der Waals surface area contributed by atoms with Gasteiger partial charge in [0.1, 0.15) is 5.82 Å². The van der Waals surface area contributed by atoms with Gasteiger partial charge in [-0.05, 0) is 30.0 Å². The second-order valence-electron chi connectivity index (χ2n) is 6.63. The molecular weight excluding hydrogens is 363 g/mol. The molecule has 0 radical (unpaired) electrons. The first kappa shape index (κ1) is 16.4. The quantitative estimate of drug-likeness (QED) is 0.799. The lowest BCUT2D eigenvalue weighted by atomic mass is 9.69. The van der Waals surface area contributed by atoms with Gasteiger partial charge in [0.2, 0.25) is 5.91 Å². The summed E-state index contributed by atoms with van der Waals surface area (Å²) in [6.07, 6.45) is 3.53. The molecule has 1 fully saturated rings. The number of carbonyl (C=O) groups excluding carboxylic acids is 1. The van der Waals surface area contributed by atoms with Crippen LogP contribution in [0.2, 0.25) is 10.0 Å². The molecule has 2 aliphatic heterocycles. The molecule has 8 heteroatoms. The van der Waals surface area contributed by atoms with Crippen molar-refractivity contribution in [2.45, 2.75) is 19.3 Å². The van der Waals surface area contributed by atoms with E-state index in [0.29, 0.717) is 35.4 Å². The van der Waals surface area contributed by atoms with Crippen molar-refractivity contribution in [1.29, 1.82) is 0 Å². The molecule has 3 heterocycles. The fourth-order valence-corrected chi connectivity index (χ4v) is 4.18. The van der Waals surface area contributed by atoms with Crippen LogP contribution in [-0.2, 0) is 4.79 Å². The predicted molar refractivity (Wildman–Crippen MR) is 97.6 cm³/mol. The highest BCUT2D eigenvalue weighted by Gasteiger charge is 2.52. The molecule has 25 heavy (non-hydrogen) atoms. The van der Waals surface area contributed by atoms with Crippen molar-refractivity contribution in [3.05, 3.63) is 50.5 Å². The summed E-state index contributed by atoms with van der Waals surface area (Å²) in [5.74, 6) is 0.632. The summed E-state index contributed by atoms with van der Waals surface area (Å²) in [5.41, 5.74) is 0.896. The number of hydrogen-bond donors (Lipinski definition) is 2. The smallest absolute Gasteiger partial charge is 0.266 e. The number of rotatable bonds is 1.